The highest BCUT2D eigenvalue weighted by Crippen LogP contribution is 2.28. The van der Waals surface area contributed by atoms with E-state index in [9.17, 15) is 9.59 Å². The van der Waals surface area contributed by atoms with Gasteiger partial charge in [-0.25, -0.2) is 4.79 Å². The largest absolute Gasteiger partial charge is 0.414 e. The molecule has 3 N–H and O–H groups in total. The normalized spacial score (nSPS) is 14.7. The molecule has 3 heterocycles. The zero-order valence-corrected chi connectivity index (χ0v) is 19.6. The van der Waals surface area contributed by atoms with Crippen molar-refractivity contribution < 1.29 is 14.3 Å². The fourth-order valence-corrected chi connectivity index (χ4v) is 4.46. The molecule has 0 bridgehead atoms. The maximum absolute atomic E-state index is 13.1. The van der Waals surface area contributed by atoms with Crippen molar-refractivity contribution in [3.63, 3.8) is 0 Å². The number of fused-ring (bicyclic) bond motifs is 1. The van der Waals surface area contributed by atoms with E-state index >= 15 is 0 Å². The van der Waals surface area contributed by atoms with Gasteiger partial charge in [0.05, 0.1) is 4.34 Å². The molecular formula is C21H24ClN7O3S. The number of ether oxygens (including phenoxy) is 1. The topological polar surface area (TPSA) is 125 Å². The number of likely N-dealkylation sites (N-methyl/N-ethyl adjacent to an activating group) is 1. The minimum absolute atomic E-state index is 0.265. The molecular weight excluding hydrogens is 466 g/mol. The zero-order valence-electron chi connectivity index (χ0n) is 18.0. The summed E-state index contributed by atoms with van der Waals surface area (Å²) in [6, 6.07) is 8.32. The van der Waals surface area contributed by atoms with Gasteiger partial charge >= 0.3 is 6.09 Å². The van der Waals surface area contributed by atoms with Crippen LogP contribution in [0.25, 0.3) is 0 Å². The highest BCUT2D eigenvalue weighted by molar-refractivity contribution is 7.17. The summed E-state index contributed by atoms with van der Waals surface area (Å²) in [5.74, 6) is 0.0903. The Bertz CT molecular complexity index is 1110. The number of H-pyrrole nitrogens is 1. The van der Waals surface area contributed by atoms with Crippen LogP contribution in [0.1, 0.15) is 23.4 Å². The molecule has 0 unspecified atom stereocenters. The van der Waals surface area contributed by atoms with Crippen LogP contribution in [0.2, 0.25) is 4.34 Å². The smallest absolute Gasteiger partial charge is 0.399 e. The molecule has 0 aliphatic carbocycles. The number of carbonyl (C=O) groups excluding carboxylic acids is 2. The number of nitrogens with one attached hydrogen (secondary N) is 3. The first kappa shape index (κ1) is 23.1. The summed E-state index contributed by atoms with van der Waals surface area (Å²) in [6.07, 6.45) is 1.77. The van der Waals surface area contributed by atoms with Crippen LogP contribution >= 0.6 is 22.9 Å². The second kappa shape index (κ2) is 10.7. The predicted octanol–water partition coefficient (Wildman–Crippen LogP) is 2.67. The highest BCUT2D eigenvalue weighted by atomic mass is 35.5. The molecule has 174 valence electrons. The molecule has 1 atom stereocenters. The molecule has 1 aliphatic rings. The Morgan fingerprint density at radius 3 is 2.79 bits per heavy atom. The molecule has 0 saturated heterocycles. The van der Waals surface area contributed by atoms with E-state index in [1.807, 2.05) is 12.1 Å². The first-order chi connectivity index (χ1) is 16.0. The molecule has 1 aromatic carbocycles. The third-order valence-electron chi connectivity index (χ3n) is 5.40. The maximum Gasteiger partial charge on any atom is 0.414 e. The van der Waals surface area contributed by atoms with Crippen LogP contribution in [0.3, 0.4) is 0 Å². The van der Waals surface area contributed by atoms with Gasteiger partial charge in [0.15, 0.2) is 10.9 Å². The van der Waals surface area contributed by atoms with Crippen molar-refractivity contribution >= 4 is 40.6 Å². The van der Waals surface area contributed by atoms with Crippen molar-refractivity contribution in [2.75, 3.05) is 25.5 Å². The summed E-state index contributed by atoms with van der Waals surface area (Å²) in [4.78, 5) is 27.8. The number of tetrazole rings is 1. The summed E-state index contributed by atoms with van der Waals surface area (Å²) < 4.78 is 5.75. The van der Waals surface area contributed by atoms with Gasteiger partial charge < -0.3 is 20.3 Å². The van der Waals surface area contributed by atoms with E-state index in [4.69, 9.17) is 16.3 Å². The number of thiophene rings is 1. The van der Waals surface area contributed by atoms with Gasteiger partial charge in [-0.15, -0.1) is 10.2 Å². The van der Waals surface area contributed by atoms with Gasteiger partial charge in [-0.2, -0.15) is 5.21 Å². The molecule has 1 aliphatic heterocycles. The number of anilines is 1. The Labute approximate surface area is 199 Å². The Morgan fingerprint density at radius 2 is 2.06 bits per heavy atom. The summed E-state index contributed by atoms with van der Waals surface area (Å²) in [5.41, 5.74) is 3.21. The molecule has 3 aromatic rings. The SMILES string of the molecule is CN1CCc2ccc(NC(=O)[C@@H](CCc3nn[nH]n3)NC(=O)Oc3ccc(Cl)s3)cc2CC1. The minimum Gasteiger partial charge on any atom is -0.399 e. The second-order valence-corrected chi connectivity index (χ2v) is 9.47. The molecule has 0 fully saturated rings. The Morgan fingerprint density at radius 1 is 1.24 bits per heavy atom. The average molecular weight is 490 g/mol. The maximum atomic E-state index is 13.1. The van der Waals surface area contributed by atoms with Crippen LogP contribution in [-0.2, 0) is 24.1 Å². The fourth-order valence-electron chi connectivity index (χ4n) is 3.59. The lowest BCUT2D eigenvalue weighted by atomic mass is 10.0. The summed E-state index contributed by atoms with van der Waals surface area (Å²) in [6.45, 7) is 1.98. The van der Waals surface area contributed by atoms with Gasteiger partial charge in [0, 0.05) is 25.2 Å². The van der Waals surface area contributed by atoms with E-state index in [1.165, 1.54) is 11.1 Å². The van der Waals surface area contributed by atoms with Crippen LogP contribution in [0.5, 0.6) is 5.06 Å². The van der Waals surface area contributed by atoms with Gasteiger partial charge in [0.2, 0.25) is 5.91 Å². The third-order valence-corrected chi connectivity index (χ3v) is 6.50. The first-order valence-electron chi connectivity index (χ1n) is 10.5. The van der Waals surface area contributed by atoms with Crippen molar-refractivity contribution in [2.24, 2.45) is 0 Å². The van der Waals surface area contributed by atoms with Crippen LogP contribution in [0.4, 0.5) is 10.5 Å². The number of carbonyl (C=O) groups is 2. The fraction of sp³-hybridized carbons (Fsp3) is 0.381. The molecule has 0 radical (unpaired) electrons. The Kier molecular flexibility index (Phi) is 7.53. The lowest BCUT2D eigenvalue weighted by molar-refractivity contribution is -0.118. The molecule has 12 heteroatoms. The third kappa shape index (κ3) is 6.50. The monoisotopic (exact) mass is 489 g/mol. The number of aromatic amines is 1. The molecule has 33 heavy (non-hydrogen) atoms. The molecule has 2 amide bonds. The van der Waals surface area contributed by atoms with Crippen molar-refractivity contribution in [2.45, 2.75) is 31.7 Å². The number of halogens is 1. The van der Waals surface area contributed by atoms with Crippen molar-refractivity contribution in [1.82, 2.24) is 30.8 Å². The second-order valence-electron chi connectivity index (χ2n) is 7.79. The minimum atomic E-state index is -0.864. The van der Waals surface area contributed by atoms with E-state index in [1.54, 1.807) is 12.1 Å². The van der Waals surface area contributed by atoms with E-state index in [0.717, 1.165) is 37.3 Å². The highest BCUT2D eigenvalue weighted by Gasteiger charge is 2.23. The molecule has 0 spiro atoms. The van der Waals surface area contributed by atoms with E-state index < -0.39 is 12.1 Å². The van der Waals surface area contributed by atoms with Crippen LogP contribution < -0.4 is 15.4 Å². The van der Waals surface area contributed by atoms with Gasteiger partial charge in [-0.05, 0) is 61.7 Å². The number of rotatable bonds is 7. The average Bonchev–Trinajstić information content (AvgIpc) is 3.41. The summed E-state index contributed by atoms with van der Waals surface area (Å²) >= 11 is 7.01. The lowest BCUT2D eigenvalue weighted by Crippen LogP contribution is -2.45. The van der Waals surface area contributed by atoms with Crippen molar-refractivity contribution in [1.29, 1.82) is 0 Å². The van der Waals surface area contributed by atoms with E-state index in [0.29, 0.717) is 27.3 Å². The summed E-state index contributed by atoms with van der Waals surface area (Å²) in [7, 11) is 2.11. The van der Waals surface area contributed by atoms with Gasteiger partial charge in [0.1, 0.15) is 6.04 Å². The number of nitrogens with zero attached hydrogens (tertiary/aromatic N) is 4. The Balaban J connectivity index is 1.43. The Hall–Kier alpha value is -3.02. The van der Waals surface area contributed by atoms with Crippen molar-refractivity contribution in [3.05, 3.63) is 51.6 Å². The number of hydrogen-bond acceptors (Lipinski definition) is 8. The van der Waals surface area contributed by atoms with Crippen LogP contribution in [0, 0.1) is 0 Å². The van der Waals surface area contributed by atoms with Crippen LogP contribution in [-0.4, -0.2) is 63.7 Å². The molecule has 0 saturated carbocycles. The van der Waals surface area contributed by atoms with Gasteiger partial charge in [-0.1, -0.05) is 34.2 Å². The van der Waals surface area contributed by atoms with E-state index in [-0.39, 0.29) is 12.3 Å². The van der Waals surface area contributed by atoms with Crippen molar-refractivity contribution in [3.8, 4) is 5.06 Å². The first-order valence-corrected chi connectivity index (χ1v) is 11.7. The van der Waals surface area contributed by atoms with Crippen LogP contribution in [0.15, 0.2) is 30.3 Å². The molecule has 10 nitrogen and oxygen atoms in total. The summed E-state index contributed by atoms with van der Waals surface area (Å²) in [5, 5.41) is 19.6. The number of benzene rings is 1. The lowest BCUT2D eigenvalue weighted by Gasteiger charge is -2.18. The standard InChI is InChI=1S/C21H24ClN7O3S/c1-29-10-8-13-2-3-15(12-14(13)9-11-29)23-20(30)16(4-6-18-25-27-28-26-18)24-21(31)32-19-7-5-17(22)33-19/h2-3,5,7,12,16H,4,6,8-11H2,1H3,(H,23,30)(H,24,31)(H,25,26,27,28)/t16-/m1/s1. The number of amides is 2. The molecule has 4 rings (SSSR count). The predicted molar refractivity (Wildman–Crippen MR) is 125 cm³/mol. The van der Waals surface area contributed by atoms with Gasteiger partial charge in [-0.3, -0.25) is 4.79 Å². The quantitative estimate of drug-likeness (QED) is 0.466. The number of aromatic nitrogens is 4. The zero-order chi connectivity index (χ0) is 23.2. The van der Waals surface area contributed by atoms with E-state index in [2.05, 4.69) is 49.3 Å². The number of aryl methyl sites for hydroxylation is 1. The number of hydrogen-bond donors (Lipinski definition) is 3. The van der Waals surface area contributed by atoms with Gasteiger partial charge in [0.25, 0.3) is 0 Å². The molecule has 2 aromatic heterocycles.